The Kier molecular flexibility index (Phi) is 4.35. The fraction of sp³-hybridized carbons (Fsp3) is 0.500. The lowest BCUT2D eigenvalue weighted by Gasteiger charge is -2.35. The molecule has 24 heavy (non-hydrogen) atoms. The van der Waals surface area contributed by atoms with Crippen LogP contribution in [0.2, 0.25) is 0 Å². The Bertz CT molecular complexity index is 867. The maximum atomic E-state index is 12.6. The van der Waals surface area contributed by atoms with Gasteiger partial charge >= 0.3 is 0 Å². The molecule has 2 aromatic heterocycles. The number of amides is 1. The summed E-state index contributed by atoms with van der Waals surface area (Å²) in [6.45, 7) is 3.06. The van der Waals surface area contributed by atoms with E-state index in [9.17, 15) is 13.2 Å². The minimum absolute atomic E-state index is 0.0484. The van der Waals surface area contributed by atoms with Crippen LogP contribution in [0.5, 0.6) is 0 Å². The molecule has 0 saturated carbocycles. The van der Waals surface area contributed by atoms with Gasteiger partial charge in [0.25, 0.3) is 5.91 Å². The van der Waals surface area contributed by atoms with Crippen LogP contribution in [0.4, 0.5) is 0 Å². The quantitative estimate of drug-likeness (QED) is 0.832. The summed E-state index contributed by atoms with van der Waals surface area (Å²) in [5.41, 5.74) is 2.28. The van der Waals surface area contributed by atoms with Crippen molar-refractivity contribution in [2.24, 2.45) is 0 Å². The predicted octanol–water partition coefficient (Wildman–Crippen LogP) is 1.14. The predicted molar refractivity (Wildman–Crippen MR) is 91.5 cm³/mol. The Hall–Kier alpha value is -1.93. The van der Waals surface area contributed by atoms with E-state index >= 15 is 0 Å². The van der Waals surface area contributed by atoms with E-state index in [0.717, 1.165) is 11.2 Å². The van der Waals surface area contributed by atoms with Crippen LogP contribution in [-0.4, -0.2) is 65.3 Å². The Morgan fingerprint density at radius 2 is 2.00 bits per heavy atom. The first-order valence-electron chi connectivity index (χ1n) is 7.93. The van der Waals surface area contributed by atoms with Gasteiger partial charge in [-0.25, -0.2) is 17.7 Å². The van der Waals surface area contributed by atoms with E-state index in [0.29, 0.717) is 31.6 Å². The summed E-state index contributed by atoms with van der Waals surface area (Å²) < 4.78 is 26.5. The van der Waals surface area contributed by atoms with Crippen molar-refractivity contribution in [3.63, 3.8) is 0 Å². The second-order valence-corrected chi connectivity index (χ2v) is 8.44. The minimum Gasteiger partial charge on any atom is -0.337 e. The van der Waals surface area contributed by atoms with Crippen molar-refractivity contribution in [2.45, 2.75) is 25.8 Å². The number of likely N-dealkylation sites (tertiary alicyclic amines) is 1. The van der Waals surface area contributed by atoms with Crippen LogP contribution < -0.4 is 0 Å². The van der Waals surface area contributed by atoms with Crippen molar-refractivity contribution in [2.75, 3.05) is 26.4 Å². The standard InChI is InChI=1S/C16H22N4O3S/c1-12-4-7-20-11-14(17-15(20)10-12)16(21)19-8-5-13(6-9-19)18(2)24(3,22)23/h4,7,10-11,13H,5-6,8-9H2,1-3H3. The highest BCUT2D eigenvalue weighted by Gasteiger charge is 2.30. The van der Waals surface area contributed by atoms with Crippen LogP contribution in [0.1, 0.15) is 28.9 Å². The monoisotopic (exact) mass is 350 g/mol. The van der Waals surface area contributed by atoms with Crippen LogP contribution in [0.15, 0.2) is 24.5 Å². The van der Waals surface area contributed by atoms with E-state index < -0.39 is 10.0 Å². The number of aryl methyl sites for hydroxylation is 1. The van der Waals surface area contributed by atoms with Gasteiger partial charge in [0.05, 0.1) is 6.26 Å². The molecule has 0 radical (unpaired) electrons. The van der Waals surface area contributed by atoms with Gasteiger partial charge < -0.3 is 9.30 Å². The zero-order chi connectivity index (χ0) is 17.5. The van der Waals surface area contributed by atoms with Crippen LogP contribution in [0, 0.1) is 6.92 Å². The normalized spacial score (nSPS) is 16.9. The summed E-state index contributed by atoms with van der Waals surface area (Å²) in [5.74, 6) is -0.100. The van der Waals surface area contributed by atoms with Crippen molar-refractivity contribution in [3.05, 3.63) is 35.8 Å². The van der Waals surface area contributed by atoms with Crippen molar-refractivity contribution in [1.29, 1.82) is 0 Å². The maximum Gasteiger partial charge on any atom is 0.274 e. The van der Waals surface area contributed by atoms with E-state index in [2.05, 4.69) is 4.98 Å². The lowest BCUT2D eigenvalue weighted by molar-refractivity contribution is 0.0681. The summed E-state index contributed by atoms with van der Waals surface area (Å²) in [6.07, 6.45) is 6.13. The molecule has 3 heterocycles. The van der Waals surface area contributed by atoms with Gasteiger partial charge in [-0.2, -0.15) is 0 Å². The first-order valence-corrected chi connectivity index (χ1v) is 9.78. The van der Waals surface area contributed by atoms with E-state index in [1.165, 1.54) is 10.6 Å². The number of nitrogens with zero attached hydrogens (tertiary/aromatic N) is 4. The molecule has 1 saturated heterocycles. The van der Waals surface area contributed by atoms with Gasteiger partial charge in [0.1, 0.15) is 11.3 Å². The van der Waals surface area contributed by atoms with Crippen LogP contribution in [0.3, 0.4) is 0 Å². The third kappa shape index (κ3) is 3.29. The molecule has 1 aliphatic rings. The Labute approximate surface area is 141 Å². The van der Waals surface area contributed by atoms with Crippen molar-refractivity contribution in [1.82, 2.24) is 18.6 Å². The Balaban J connectivity index is 1.70. The first-order chi connectivity index (χ1) is 11.3. The third-order valence-electron chi connectivity index (χ3n) is 4.62. The lowest BCUT2D eigenvalue weighted by Crippen LogP contribution is -2.47. The fourth-order valence-corrected chi connectivity index (χ4v) is 3.80. The minimum atomic E-state index is -3.20. The van der Waals surface area contributed by atoms with Crippen LogP contribution >= 0.6 is 0 Å². The molecule has 8 heteroatoms. The number of rotatable bonds is 3. The number of sulfonamides is 1. The highest BCUT2D eigenvalue weighted by Crippen LogP contribution is 2.19. The van der Waals surface area contributed by atoms with Gasteiger partial charge in [-0.1, -0.05) is 0 Å². The first kappa shape index (κ1) is 16.9. The summed E-state index contributed by atoms with van der Waals surface area (Å²) in [4.78, 5) is 18.8. The van der Waals surface area contributed by atoms with Gasteiger partial charge in [0.2, 0.25) is 10.0 Å². The number of aromatic nitrogens is 2. The van der Waals surface area contributed by atoms with Gasteiger partial charge in [-0.3, -0.25) is 4.79 Å². The number of hydrogen-bond donors (Lipinski definition) is 0. The third-order valence-corrected chi connectivity index (χ3v) is 5.97. The molecular weight excluding hydrogens is 328 g/mol. The van der Waals surface area contributed by atoms with Gasteiger partial charge in [0, 0.05) is 38.6 Å². The van der Waals surface area contributed by atoms with E-state index in [-0.39, 0.29) is 11.9 Å². The van der Waals surface area contributed by atoms with Crippen LogP contribution in [0.25, 0.3) is 5.65 Å². The largest absolute Gasteiger partial charge is 0.337 e. The molecule has 1 amide bonds. The lowest BCUT2D eigenvalue weighted by atomic mass is 10.1. The molecular formula is C16H22N4O3S. The molecule has 0 N–H and O–H groups in total. The smallest absolute Gasteiger partial charge is 0.274 e. The second kappa shape index (κ2) is 6.18. The summed E-state index contributed by atoms with van der Waals surface area (Å²) >= 11 is 0. The van der Waals surface area contributed by atoms with Gasteiger partial charge in [0.15, 0.2) is 0 Å². The zero-order valence-corrected chi connectivity index (χ0v) is 15.0. The number of imidazole rings is 1. The summed E-state index contributed by atoms with van der Waals surface area (Å²) in [5, 5.41) is 0. The number of carbonyl (C=O) groups is 1. The van der Waals surface area contributed by atoms with E-state index in [1.807, 2.05) is 29.7 Å². The molecule has 0 aromatic carbocycles. The molecule has 0 spiro atoms. The number of fused-ring (bicyclic) bond motifs is 1. The molecule has 2 aromatic rings. The molecule has 0 bridgehead atoms. The average molecular weight is 350 g/mol. The zero-order valence-electron chi connectivity index (χ0n) is 14.1. The average Bonchev–Trinajstić information content (AvgIpc) is 2.95. The van der Waals surface area contributed by atoms with Crippen molar-refractivity contribution < 1.29 is 13.2 Å². The molecule has 1 aliphatic heterocycles. The summed E-state index contributed by atoms with van der Waals surface area (Å²) in [7, 11) is -1.60. The molecule has 1 fully saturated rings. The van der Waals surface area contributed by atoms with E-state index in [1.54, 1.807) is 18.1 Å². The van der Waals surface area contributed by atoms with Crippen molar-refractivity contribution >= 4 is 21.6 Å². The van der Waals surface area contributed by atoms with E-state index in [4.69, 9.17) is 0 Å². The van der Waals surface area contributed by atoms with Gasteiger partial charge in [-0.05, 0) is 37.5 Å². The fourth-order valence-electron chi connectivity index (χ4n) is 3.05. The Morgan fingerprint density at radius 1 is 1.33 bits per heavy atom. The van der Waals surface area contributed by atoms with Crippen molar-refractivity contribution in [3.8, 4) is 0 Å². The van der Waals surface area contributed by atoms with Gasteiger partial charge in [-0.15, -0.1) is 0 Å². The molecule has 130 valence electrons. The number of pyridine rings is 1. The highest BCUT2D eigenvalue weighted by atomic mass is 32.2. The number of hydrogen-bond acceptors (Lipinski definition) is 4. The summed E-state index contributed by atoms with van der Waals surface area (Å²) in [6, 6.07) is 3.85. The SMILES string of the molecule is Cc1ccn2cc(C(=O)N3CCC(N(C)S(C)(=O)=O)CC3)nc2c1. The highest BCUT2D eigenvalue weighted by molar-refractivity contribution is 7.88. The second-order valence-electron chi connectivity index (χ2n) is 6.40. The maximum absolute atomic E-state index is 12.6. The number of piperidine rings is 1. The molecule has 7 nitrogen and oxygen atoms in total. The molecule has 0 unspecified atom stereocenters. The van der Waals surface area contributed by atoms with Crippen LogP contribution in [-0.2, 0) is 10.0 Å². The molecule has 3 rings (SSSR count). The molecule has 0 atom stereocenters. The Morgan fingerprint density at radius 3 is 2.62 bits per heavy atom. The topological polar surface area (TPSA) is 75.0 Å². The molecule has 0 aliphatic carbocycles. The number of carbonyl (C=O) groups excluding carboxylic acids is 1.